The van der Waals surface area contributed by atoms with Crippen LogP contribution in [-0.2, 0) is 10.0 Å². The Hall–Kier alpha value is -2.80. The van der Waals surface area contributed by atoms with Crippen molar-refractivity contribution in [1.82, 2.24) is 4.98 Å². The number of pyridine rings is 1. The number of nitrogens with one attached hydrogen (secondary N) is 1. The fraction of sp³-hybridized carbons (Fsp3) is 0. The Kier molecular flexibility index (Phi) is 5.08. The van der Waals surface area contributed by atoms with E-state index in [2.05, 4.69) is 9.71 Å². The van der Waals surface area contributed by atoms with E-state index in [9.17, 15) is 8.42 Å². The summed E-state index contributed by atoms with van der Waals surface area (Å²) in [7, 11) is -3.92. The van der Waals surface area contributed by atoms with Gasteiger partial charge in [-0.05, 0) is 47.9 Å². The highest BCUT2D eigenvalue weighted by Gasteiger charge is 2.19. The largest absolute Gasteiger partial charge is 0.399 e. The fourth-order valence-corrected chi connectivity index (χ4v) is 4.86. The van der Waals surface area contributed by atoms with E-state index in [4.69, 9.17) is 28.9 Å². The van der Waals surface area contributed by atoms with Gasteiger partial charge in [-0.3, -0.25) is 9.71 Å². The molecular weight excluding hydrogens is 429 g/mol. The smallest absolute Gasteiger partial charge is 0.263 e. The van der Waals surface area contributed by atoms with E-state index >= 15 is 0 Å². The highest BCUT2D eigenvalue weighted by Crippen LogP contribution is 2.34. The van der Waals surface area contributed by atoms with Gasteiger partial charge < -0.3 is 5.73 Å². The maximum absolute atomic E-state index is 12.8. The highest BCUT2D eigenvalue weighted by molar-refractivity contribution is 7.92. The zero-order valence-corrected chi connectivity index (χ0v) is 17.3. The molecule has 0 unspecified atom stereocenters. The summed E-state index contributed by atoms with van der Waals surface area (Å²) in [6.07, 6.45) is 1.69. The first-order valence-electron chi connectivity index (χ1n) is 8.57. The molecule has 1 heterocycles. The van der Waals surface area contributed by atoms with Gasteiger partial charge in [0.05, 0.1) is 15.7 Å². The zero-order chi connectivity index (χ0) is 20.6. The quantitative estimate of drug-likeness (QED) is 0.402. The Morgan fingerprint density at radius 1 is 0.897 bits per heavy atom. The number of hydrogen-bond donors (Lipinski definition) is 2. The summed E-state index contributed by atoms with van der Waals surface area (Å²) in [6.45, 7) is 0. The lowest BCUT2D eigenvalue weighted by molar-refractivity contribution is 0.601. The molecule has 146 valence electrons. The number of sulfonamides is 1. The van der Waals surface area contributed by atoms with Gasteiger partial charge in [0, 0.05) is 28.5 Å². The molecule has 0 atom stereocenters. The molecule has 0 saturated heterocycles. The van der Waals surface area contributed by atoms with Crippen LogP contribution in [0.3, 0.4) is 0 Å². The molecule has 4 rings (SSSR count). The van der Waals surface area contributed by atoms with Crippen molar-refractivity contribution < 1.29 is 8.42 Å². The summed E-state index contributed by atoms with van der Waals surface area (Å²) < 4.78 is 28.1. The first kappa shape index (κ1) is 19.5. The average molecular weight is 444 g/mol. The molecule has 0 aliphatic heterocycles. The highest BCUT2D eigenvalue weighted by atomic mass is 35.5. The third-order valence-electron chi connectivity index (χ3n) is 4.39. The second-order valence-corrected chi connectivity index (χ2v) is 8.84. The summed E-state index contributed by atoms with van der Waals surface area (Å²) in [5.41, 5.74) is 7.65. The number of nitrogen functional groups attached to an aromatic ring is 1. The Labute approximate surface area is 178 Å². The minimum Gasteiger partial charge on any atom is -0.399 e. The van der Waals surface area contributed by atoms with Crippen LogP contribution >= 0.6 is 23.2 Å². The zero-order valence-electron chi connectivity index (χ0n) is 14.9. The molecule has 0 aliphatic carbocycles. The molecule has 0 aliphatic rings. The van der Waals surface area contributed by atoms with E-state index in [0.29, 0.717) is 27.7 Å². The van der Waals surface area contributed by atoms with Crippen LogP contribution in [0.1, 0.15) is 0 Å². The Balaban J connectivity index is 1.78. The molecule has 4 aromatic rings. The van der Waals surface area contributed by atoms with Crippen LogP contribution in [0.15, 0.2) is 77.8 Å². The normalized spacial score (nSPS) is 11.5. The van der Waals surface area contributed by atoms with Gasteiger partial charge in [0.2, 0.25) is 0 Å². The van der Waals surface area contributed by atoms with E-state index in [1.165, 1.54) is 18.2 Å². The van der Waals surface area contributed by atoms with Gasteiger partial charge in [-0.2, -0.15) is 0 Å². The van der Waals surface area contributed by atoms with E-state index in [1.54, 1.807) is 24.4 Å². The van der Waals surface area contributed by atoms with Gasteiger partial charge in [-0.15, -0.1) is 0 Å². The van der Waals surface area contributed by atoms with Crippen molar-refractivity contribution in [3.8, 4) is 11.3 Å². The third-order valence-corrected chi connectivity index (χ3v) is 6.59. The van der Waals surface area contributed by atoms with Crippen LogP contribution in [-0.4, -0.2) is 13.4 Å². The average Bonchev–Trinajstić information content (AvgIpc) is 2.68. The van der Waals surface area contributed by atoms with Crippen molar-refractivity contribution in [2.45, 2.75) is 4.90 Å². The SMILES string of the molecule is Nc1ccc(S(=O)(=O)Nc2ccc(Cl)c(-c3nccc4ccccc34)c2)c(Cl)c1. The fourth-order valence-electron chi connectivity index (χ4n) is 3.05. The van der Waals surface area contributed by atoms with Crippen molar-refractivity contribution in [3.05, 3.63) is 83.0 Å². The molecule has 3 N–H and O–H groups in total. The van der Waals surface area contributed by atoms with Crippen LogP contribution in [0.25, 0.3) is 22.0 Å². The minimum absolute atomic E-state index is 0.0439. The first-order valence-corrected chi connectivity index (χ1v) is 10.8. The second kappa shape index (κ2) is 7.55. The summed E-state index contributed by atoms with van der Waals surface area (Å²) in [4.78, 5) is 4.40. The number of anilines is 2. The molecule has 1 aromatic heterocycles. The number of rotatable bonds is 4. The van der Waals surface area contributed by atoms with Crippen molar-refractivity contribution in [2.75, 3.05) is 10.5 Å². The van der Waals surface area contributed by atoms with Crippen molar-refractivity contribution in [1.29, 1.82) is 0 Å². The number of hydrogen-bond acceptors (Lipinski definition) is 4. The lowest BCUT2D eigenvalue weighted by Crippen LogP contribution is -2.13. The molecule has 8 heteroatoms. The maximum Gasteiger partial charge on any atom is 0.263 e. The molecule has 0 spiro atoms. The number of fused-ring (bicyclic) bond motifs is 1. The number of halogens is 2. The topological polar surface area (TPSA) is 85.1 Å². The molecule has 0 radical (unpaired) electrons. The van der Waals surface area contributed by atoms with Gasteiger partial charge in [-0.1, -0.05) is 47.5 Å². The number of nitrogens with zero attached hydrogens (tertiary/aromatic N) is 1. The van der Waals surface area contributed by atoms with Crippen molar-refractivity contribution in [2.24, 2.45) is 0 Å². The third kappa shape index (κ3) is 3.87. The first-order chi connectivity index (χ1) is 13.8. The second-order valence-electron chi connectivity index (χ2n) is 6.37. The van der Waals surface area contributed by atoms with Gasteiger partial charge in [-0.25, -0.2) is 8.42 Å². The maximum atomic E-state index is 12.8. The van der Waals surface area contributed by atoms with Crippen LogP contribution in [0.4, 0.5) is 11.4 Å². The Morgan fingerprint density at radius 3 is 2.48 bits per heavy atom. The molecule has 29 heavy (non-hydrogen) atoms. The molecule has 5 nitrogen and oxygen atoms in total. The van der Waals surface area contributed by atoms with Crippen molar-refractivity contribution in [3.63, 3.8) is 0 Å². The van der Waals surface area contributed by atoms with E-state index in [-0.39, 0.29) is 9.92 Å². The van der Waals surface area contributed by atoms with E-state index in [0.717, 1.165) is 10.8 Å². The Bertz CT molecular complexity index is 1340. The van der Waals surface area contributed by atoms with E-state index < -0.39 is 10.0 Å². The predicted molar refractivity (Wildman–Crippen MR) is 119 cm³/mol. The van der Waals surface area contributed by atoms with Gasteiger partial charge >= 0.3 is 0 Å². The molecular formula is C21H15Cl2N3O2S. The molecule has 0 fully saturated rings. The molecule has 0 amide bonds. The summed E-state index contributed by atoms with van der Waals surface area (Å²) >= 11 is 12.5. The van der Waals surface area contributed by atoms with Gasteiger partial charge in [0.25, 0.3) is 10.0 Å². The predicted octanol–water partition coefficient (Wildman–Crippen LogP) is 5.59. The molecule has 0 bridgehead atoms. The van der Waals surface area contributed by atoms with E-state index in [1.807, 2.05) is 30.3 Å². The lowest BCUT2D eigenvalue weighted by Gasteiger charge is -2.13. The Morgan fingerprint density at radius 2 is 1.69 bits per heavy atom. The van der Waals surface area contributed by atoms with Crippen molar-refractivity contribution >= 4 is 55.4 Å². The van der Waals surface area contributed by atoms with Gasteiger partial charge in [0.15, 0.2) is 0 Å². The number of aromatic nitrogens is 1. The monoisotopic (exact) mass is 443 g/mol. The van der Waals surface area contributed by atoms with Crippen LogP contribution < -0.4 is 10.5 Å². The van der Waals surface area contributed by atoms with Gasteiger partial charge in [0.1, 0.15) is 4.90 Å². The molecule has 0 saturated carbocycles. The molecule has 3 aromatic carbocycles. The summed E-state index contributed by atoms with van der Waals surface area (Å²) in [5, 5.41) is 2.43. The summed E-state index contributed by atoms with van der Waals surface area (Å²) in [5.74, 6) is 0. The number of nitrogens with two attached hydrogens (primary N) is 1. The van der Waals surface area contributed by atoms with Crippen LogP contribution in [0.2, 0.25) is 10.0 Å². The number of benzene rings is 3. The lowest BCUT2D eigenvalue weighted by atomic mass is 10.0. The van der Waals surface area contributed by atoms with Crippen LogP contribution in [0.5, 0.6) is 0 Å². The summed E-state index contributed by atoms with van der Waals surface area (Å²) in [6, 6.07) is 18.8. The minimum atomic E-state index is -3.92. The van der Waals surface area contributed by atoms with Crippen LogP contribution in [0, 0.1) is 0 Å². The standard InChI is InChI=1S/C21H15Cl2N3O2S/c22-18-7-6-15(26-29(27,28)20-8-5-14(24)11-19(20)23)12-17(18)21-16-4-2-1-3-13(16)9-10-25-21/h1-12,26H,24H2.